The molecule has 2 aromatic carbocycles. The second-order valence-electron chi connectivity index (χ2n) is 5.79. The van der Waals surface area contributed by atoms with E-state index in [1.165, 1.54) is 19.1 Å². The van der Waals surface area contributed by atoms with Gasteiger partial charge in [0.25, 0.3) is 0 Å². The zero-order valence-corrected chi connectivity index (χ0v) is 14.3. The Morgan fingerprint density at radius 2 is 1.42 bits per heavy atom. The summed E-state index contributed by atoms with van der Waals surface area (Å²) in [6.45, 7) is 2.70. The quantitative estimate of drug-likeness (QED) is 0.518. The predicted octanol–water partition coefficient (Wildman–Crippen LogP) is 2.75. The molecule has 0 bridgehead atoms. The van der Waals surface area contributed by atoms with E-state index in [-0.39, 0.29) is 46.1 Å². The first-order valence-electron chi connectivity index (χ1n) is 8.12. The zero-order valence-electron chi connectivity index (χ0n) is 14.3. The molecule has 0 spiro atoms. The van der Waals surface area contributed by atoms with Crippen molar-refractivity contribution in [2.24, 2.45) is 0 Å². The highest BCUT2D eigenvalue weighted by Gasteiger charge is 2.35. The first kappa shape index (κ1) is 17.5. The van der Waals surface area contributed by atoms with Gasteiger partial charge in [-0.2, -0.15) is 0 Å². The van der Waals surface area contributed by atoms with Crippen molar-refractivity contribution >= 4 is 23.3 Å². The molecule has 0 aromatic heterocycles. The molecule has 0 atom stereocenters. The van der Waals surface area contributed by atoms with Gasteiger partial charge in [-0.3, -0.25) is 19.2 Å². The van der Waals surface area contributed by atoms with E-state index in [9.17, 15) is 19.2 Å². The number of ketones is 3. The fraction of sp³-hybridized carbons (Fsp3) is 0.200. The van der Waals surface area contributed by atoms with Crippen molar-refractivity contribution in [2.45, 2.75) is 20.3 Å². The highest BCUT2D eigenvalue weighted by Crippen LogP contribution is 2.38. The van der Waals surface area contributed by atoms with Gasteiger partial charge in [0.05, 0.1) is 11.1 Å². The normalized spacial score (nSPS) is 12.2. The number of carbonyl (C=O) groups excluding carboxylic acids is 4. The Balaban J connectivity index is 2.17. The SMILES string of the molecule is CCC(=O)COc1ccc(OC(C)=O)c2c1C(=O)c1ccccc1C2=O. The summed E-state index contributed by atoms with van der Waals surface area (Å²) in [5.41, 5.74) is 0.471. The largest absolute Gasteiger partial charge is 0.485 e. The molecule has 0 radical (unpaired) electrons. The fourth-order valence-electron chi connectivity index (χ4n) is 2.78. The number of benzene rings is 2. The van der Waals surface area contributed by atoms with Gasteiger partial charge in [-0.15, -0.1) is 0 Å². The van der Waals surface area contributed by atoms with Gasteiger partial charge in [-0.25, -0.2) is 0 Å². The number of ether oxygens (including phenoxy) is 2. The van der Waals surface area contributed by atoms with E-state index in [4.69, 9.17) is 9.47 Å². The summed E-state index contributed by atoms with van der Waals surface area (Å²) < 4.78 is 10.6. The van der Waals surface area contributed by atoms with Crippen LogP contribution in [-0.2, 0) is 9.59 Å². The van der Waals surface area contributed by atoms with E-state index >= 15 is 0 Å². The van der Waals surface area contributed by atoms with Crippen LogP contribution in [0.2, 0.25) is 0 Å². The highest BCUT2D eigenvalue weighted by atomic mass is 16.5. The minimum absolute atomic E-state index is 0.00507. The van der Waals surface area contributed by atoms with Gasteiger partial charge in [0, 0.05) is 24.5 Å². The van der Waals surface area contributed by atoms with E-state index in [1.807, 2.05) is 0 Å². The molecule has 6 heteroatoms. The molecule has 0 saturated carbocycles. The number of hydrogen-bond donors (Lipinski definition) is 0. The Kier molecular flexibility index (Phi) is 4.67. The summed E-state index contributed by atoms with van der Waals surface area (Å²) in [5, 5.41) is 0. The van der Waals surface area contributed by atoms with E-state index < -0.39 is 17.5 Å². The first-order chi connectivity index (χ1) is 12.4. The van der Waals surface area contributed by atoms with Crippen LogP contribution in [0, 0.1) is 0 Å². The maximum Gasteiger partial charge on any atom is 0.308 e. The molecular formula is C20H16O6. The Labute approximate surface area is 149 Å². The number of rotatable bonds is 5. The zero-order chi connectivity index (χ0) is 18.8. The topological polar surface area (TPSA) is 86.7 Å². The molecule has 0 fully saturated rings. The van der Waals surface area contributed by atoms with Crippen molar-refractivity contribution in [3.63, 3.8) is 0 Å². The number of carbonyl (C=O) groups is 4. The predicted molar refractivity (Wildman–Crippen MR) is 91.9 cm³/mol. The van der Waals surface area contributed by atoms with Crippen molar-refractivity contribution in [2.75, 3.05) is 6.61 Å². The summed E-state index contributed by atoms with van der Waals surface area (Å²) in [7, 11) is 0. The number of fused-ring (bicyclic) bond motifs is 2. The third-order valence-electron chi connectivity index (χ3n) is 4.04. The molecule has 132 valence electrons. The van der Waals surface area contributed by atoms with Crippen molar-refractivity contribution in [3.8, 4) is 11.5 Å². The lowest BCUT2D eigenvalue weighted by atomic mass is 9.83. The van der Waals surface area contributed by atoms with Crippen molar-refractivity contribution in [1.82, 2.24) is 0 Å². The fourth-order valence-corrected chi connectivity index (χ4v) is 2.78. The molecular weight excluding hydrogens is 336 g/mol. The van der Waals surface area contributed by atoms with Crippen LogP contribution in [-0.4, -0.2) is 29.9 Å². The lowest BCUT2D eigenvalue weighted by Gasteiger charge is -2.22. The van der Waals surface area contributed by atoms with Crippen molar-refractivity contribution in [3.05, 3.63) is 58.7 Å². The van der Waals surface area contributed by atoms with Crippen molar-refractivity contribution < 1.29 is 28.7 Å². The summed E-state index contributed by atoms with van der Waals surface area (Å²) in [6.07, 6.45) is 0.295. The molecule has 0 heterocycles. The molecule has 0 saturated heterocycles. The van der Waals surface area contributed by atoms with Gasteiger partial charge in [-0.05, 0) is 12.1 Å². The maximum absolute atomic E-state index is 13.0. The van der Waals surface area contributed by atoms with Crippen LogP contribution in [0.3, 0.4) is 0 Å². The molecule has 0 amide bonds. The van der Waals surface area contributed by atoms with Gasteiger partial charge in [0.2, 0.25) is 0 Å². The monoisotopic (exact) mass is 352 g/mol. The van der Waals surface area contributed by atoms with Gasteiger partial charge >= 0.3 is 5.97 Å². The minimum atomic E-state index is -0.610. The van der Waals surface area contributed by atoms with Crippen LogP contribution < -0.4 is 9.47 Å². The van der Waals surface area contributed by atoms with Gasteiger partial charge in [0.1, 0.15) is 18.1 Å². The van der Waals surface area contributed by atoms with Gasteiger partial charge in [-0.1, -0.05) is 31.2 Å². The molecule has 2 aromatic rings. The number of Topliss-reactive ketones (excluding diaryl/α,β-unsaturated/α-hetero) is 1. The van der Waals surface area contributed by atoms with Crippen LogP contribution in [0.5, 0.6) is 11.5 Å². The van der Waals surface area contributed by atoms with E-state index in [2.05, 4.69) is 0 Å². The van der Waals surface area contributed by atoms with E-state index in [0.29, 0.717) is 6.42 Å². The Bertz CT molecular complexity index is 941. The average molecular weight is 352 g/mol. The molecule has 26 heavy (non-hydrogen) atoms. The van der Waals surface area contributed by atoms with Crippen LogP contribution in [0.1, 0.15) is 52.1 Å². The van der Waals surface area contributed by atoms with Crippen LogP contribution in [0.25, 0.3) is 0 Å². The third kappa shape index (κ3) is 3.01. The van der Waals surface area contributed by atoms with Crippen LogP contribution in [0.4, 0.5) is 0 Å². The molecule has 0 aliphatic heterocycles. The number of hydrogen-bond acceptors (Lipinski definition) is 6. The molecule has 1 aliphatic rings. The van der Waals surface area contributed by atoms with E-state index in [0.717, 1.165) is 0 Å². The van der Waals surface area contributed by atoms with Gasteiger partial charge in [0.15, 0.2) is 17.3 Å². The summed E-state index contributed by atoms with van der Waals surface area (Å²) >= 11 is 0. The average Bonchev–Trinajstić information content (AvgIpc) is 2.64. The smallest absolute Gasteiger partial charge is 0.308 e. The summed E-state index contributed by atoms with van der Waals surface area (Å²) in [4.78, 5) is 48.8. The summed E-state index contributed by atoms with van der Waals surface area (Å²) in [5.74, 6) is -1.49. The second-order valence-corrected chi connectivity index (χ2v) is 5.79. The van der Waals surface area contributed by atoms with E-state index in [1.54, 1.807) is 31.2 Å². The molecule has 0 N–H and O–H groups in total. The van der Waals surface area contributed by atoms with Crippen molar-refractivity contribution in [1.29, 1.82) is 0 Å². The maximum atomic E-state index is 13.0. The molecule has 0 unspecified atom stereocenters. The minimum Gasteiger partial charge on any atom is -0.485 e. The Hall–Kier alpha value is -3.28. The lowest BCUT2D eigenvalue weighted by Crippen LogP contribution is -2.24. The van der Waals surface area contributed by atoms with Crippen LogP contribution >= 0.6 is 0 Å². The lowest BCUT2D eigenvalue weighted by molar-refractivity contribution is -0.131. The first-order valence-corrected chi connectivity index (χ1v) is 8.12. The molecule has 3 rings (SSSR count). The van der Waals surface area contributed by atoms with Gasteiger partial charge < -0.3 is 9.47 Å². The molecule has 6 nitrogen and oxygen atoms in total. The second kappa shape index (κ2) is 6.92. The molecule has 1 aliphatic carbocycles. The van der Waals surface area contributed by atoms with Crippen LogP contribution in [0.15, 0.2) is 36.4 Å². The summed E-state index contributed by atoms with van der Waals surface area (Å²) in [6, 6.07) is 9.24. The Morgan fingerprint density at radius 3 is 1.96 bits per heavy atom. The highest BCUT2D eigenvalue weighted by molar-refractivity contribution is 6.30. The number of esters is 1. The Morgan fingerprint density at radius 1 is 0.885 bits per heavy atom. The standard InChI is InChI=1S/C20H16O6/c1-3-12(22)10-25-15-8-9-16(26-11(2)21)18-17(15)19(23)13-6-4-5-7-14(13)20(18)24/h4-9H,3,10H2,1-2H3. The third-order valence-corrected chi connectivity index (χ3v) is 4.04.